The maximum Gasteiger partial charge on any atom is 0.152 e. The van der Waals surface area contributed by atoms with Crippen LogP contribution < -0.4 is 0 Å². The van der Waals surface area contributed by atoms with Gasteiger partial charge in [-0.15, -0.1) is 0 Å². The van der Waals surface area contributed by atoms with E-state index >= 15 is 0 Å². The van der Waals surface area contributed by atoms with Crippen LogP contribution in [0.3, 0.4) is 0 Å². The van der Waals surface area contributed by atoms with Gasteiger partial charge < -0.3 is 14.6 Å². The molecule has 1 fully saturated rings. The largest absolute Gasteiger partial charge is 0.396 e. The van der Waals surface area contributed by atoms with Crippen LogP contribution in [-0.2, 0) is 9.53 Å². The van der Waals surface area contributed by atoms with Gasteiger partial charge in [0, 0.05) is 19.1 Å². The molecule has 0 amide bonds. The molecule has 16 heavy (non-hydrogen) atoms. The lowest BCUT2D eigenvalue weighted by atomic mass is 9.93. The molecule has 1 aliphatic rings. The standard InChI is InChI=1S/C13H24O3/c1-2-3-4-5-9-16-13(11-15)8-6-7-12(13)10-14/h11-12,14H,2-10H2,1H3/t12-,13-/m1/s1. The number of hydrogen-bond acceptors (Lipinski definition) is 3. The number of rotatable bonds is 8. The molecule has 0 aromatic heterocycles. The van der Waals surface area contributed by atoms with Gasteiger partial charge in [0.15, 0.2) is 6.29 Å². The number of aldehydes is 1. The Labute approximate surface area is 98.2 Å². The summed E-state index contributed by atoms with van der Waals surface area (Å²) in [5.41, 5.74) is -0.680. The second-order valence-electron chi connectivity index (χ2n) is 4.75. The second kappa shape index (κ2) is 7.02. The van der Waals surface area contributed by atoms with Gasteiger partial charge in [-0.3, -0.25) is 0 Å². The highest BCUT2D eigenvalue weighted by Crippen LogP contribution is 2.37. The quantitative estimate of drug-likeness (QED) is 0.512. The van der Waals surface area contributed by atoms with Crippen molar-refractivity contribution in [3.05, 3.63) is 0 Å². The van der Waals surface area contributed by atoms with Gasteiger partial charge >= 0.3 is 0 Å². The minimum absolute atomic E-state index is 0.0103. The Bertz CT molecular complexity index is 205. The fourth-order valence-electron chi connectivity index (χ4n) is 2.49. The topological polar surface area (TPSA) is 46.5 Å². The van der Waals surface area contributed by atoms with Gasteiger partial charge in [0.2, 0.25) is 0 Å². The van der Waals surface area contributed by atoms with E-state index in [1.165, 1.54) is 12.8 Å². The highest BCUT2D eigenvalue weighted by Gasteiger charge is 2.43. The molecule has 0 radical (unpaired) electrons. The molecular formula is C13H24O3. The third-order valence-corrected chi connectivity index (χ3v) is 3.60. The molecule has 0 unspecified atom stereocenters. The zero-order valence-electron chi connectivity index (χ0n) is 10.3. The predicted molar refractivity (Wildman–Crippen MR) is 63.3 cm³/mol. The van der Waals surface area contributed by atoms with E-state index in [2.05, 4.69) is 6.92 Å². The molecule has 2 atom stereocenters. The number of unbranched alkanes of at least 4 members (excludes halogenated alkanes) is 3. The summed E-state index contributed by atoms with van der Waals surface area (Å²) < 4.78 is 5.76. The van der Waals surface area contributed by atoms with E-state index < -0.39 is 5.60 Å². The molecule has 0 saturated heterocycles. The van der Waals surface area contributed by atoms with E-state index in [-0.39, 0.29) is 12.5 Å². The first-order valence-electron chi connectivity index (χ1n) is 6.50. The molecule has 1 aliphatic carbocycles. The third kappa shape index (κ3) is 3.29. The number of hydrogen-bond donors (Lipinski definition) is 1. The van der Waals surface area contributed by atoms with Crippen molar-refractivity contribution in [3.63, 3.8) is 0 Å². The number of carbonyl (C=O) groups is 1. The monoisotopic (exact) mass is 228 g/mol. The number of aliphatic hydroxyl groups is 1. The van der Waals surface area contributed by atoms with Crippen LogP contribution in [0.4, 0.5) is 0 Å². The summed E-state index contributed by atoms with van der Waals surface area (Å²) in [5, 5.41) is 9.23. The van der Waals surface area contributed by atoms with Crippen molar-refractivity contribution in [1.82, 2.24) is 0 Å². The van der Waals surface area contributed by atoms with Crippen molar-refractivity contribution in [1.29, 1.82) is 0 Å². The third-order valence-electron chi connectivity index (χ3n) is 3.60. The molecule has 0 spiro atoms. The average Bonchev–Trinajstić information content (AvgIpc) is 2.72. The van der Waals surface area contributed by atoms with Gasteiger partial charge in [0.1, 0.15) is 5.60 Å². The van der Waals surface area contributed by atoms with Crippen LogP contribution >= 0.6 is 0 Å². The number of aliphatic hydroxyl groups excluding tert-OH is 1. The van der Waals surface area contributed by atoms with E-state index in [4.69, 9.17) is 4.74 Å². The first-order chi connectivity index (χ1) is 7.79. The first kappa shape index (κ1) is 13.7. The van der Waals surface area contributed by atoms with Crippen LogP contribution in [0.5, 0.6) is 0 Å². The summed E-state index contributed by atoms with van der Waals surface area (Å²) >= 11 is 0. The van der Waals surface area contributed by atoms with Gasteiger partial charge in [-0.25, -0.2) is 0 Å². The minimum Gasteiger partial charge on any atom is -0.396 e. The van der Waals surface area contributed by atoms with E-state index in [9.17, 15) is 9.90 Å². The molecule has 3 nitrogen and oxygen atoms in total. The van der Waals surface area contributed by atoms with Crippen molar-refractivity contribution >= 4 is 6.29 Å². The van der Waals surface area contributed by atoms with Crippen molar-refractivity contribution in [2.45, 2.75) is 57.5 Å². The highest BCUT2D eigenvalue weighted by molar-refractivity contribution is 5.64. The smallest absolute Gasteiger partial charge is 0.152 e. The Morgan fingerprint density at radius 1 is 1.44 bits per heavy atom. The number of ether oxygens (including phenoxy) is 1. The molecule has 1 N–H and O–H groups in total. The molecule has 0 aromatic rings. The SMILES string of the molecule is CCCCCCO[C@@]1(C=O)CCC[C@@H]1CO. The van der Waals surface area contributed by atoms with E-state index in [0.717, 1.165) is 38.4 Å². The number of carbonyl (C=O) groups excluding carboxylic acids is 1. The molecule has 1 rings (SSSR count). The Morgan fingerprint density at radius 3 is 2.88 bits per heavy atom. The lowest BCUT2D eigenvalue weighted by Crippen LogP contribution is -2.40. The molecule has 0 aliphatic heterocycles. The molecule has 0 heterocycles. The van der Waals surface area contributed by atoms with E-state index in [0.29, 0.717) is 6.61 Å². The zero-order chi connectivity index (χ0) is 11.9. The summed E-state index contributed by atoms with van der Waals surface area (Å²) in [6.07, 6.45) is 8.19. The van der Waals surface area contributed by atoms with Crippen LogP contribution in [0, 0.1) is 5.92 Å². The Balaban J connectivity index is 2.32. The Hall–Kier alpha value is -0.410. The molecule has 0 aromatic carbocycles. The van der Waals surface area contributed by atoms with Gasteiger partial charge in [-0.05, 0) is 25.7 Å². The maximum atomic E-state index is 11.2. The van der Waals surface area contributed by atoms with Crippen molar-refractivity contribution < 1.29 is 14.6 Å². The fraction of sp³-hybridized carbons (Fsp3) is 0.923. The second-order valence-corrected chi connectivity index (χ2v) is 4.75. The van der Waals surface area contributed by atoms with Gasteiger partial charge in [-0.2, -0.15) is 0 Å². The summed E-state index contributed by atoms with van der Waals surface area (Å²) in [4.78, 5) is 11.2. The van der Waals surface area contributed by atoms with Crippen LogP contribution in [0.15, 0.2) is 0 Å². The van der Waals surface area contributed by atoms with Crippen LogP contribution in [-0.4, -0.2) is 30.2 Å². The van der Waals surface area contributed by atoms with E-state index in [1.807, 2.05) is 0 Å². The van der Waals surface area contributed by atoms with Gasteiger partial charge in [-0.1, -0.05) is 26.2 Å². The van der Waals surface area contributed by atoms with Crippen molar-refractivity contribution in [2.75, 3.05) is 13.2 Å². The normalized spacial score (nSPS) is 29.5. The fourth-order valence-corrected chi connectivity index (χ4v) is 2.49. The molecule has 1 saturated carbocycles. The summed E-state index contributed by atoms with van der Waals surface area (Å²) in [5.74, 6) is 0.0103. The highest BCUT2D eigenvalue weighted by atomic mass is 16.5. The van der Waals surface area contributed by atoms with Crippen LogP contribution in [0.1, 0.15) is 51.9 Å². The van der Waals surface area contributed by atoms with Gasteiger partial charge in [0.25, 0.3) is 0 Å². The van der Waals surface area contributed by atoms with Crippen LogP contribution in [0.2, 0.25) is 0 Å². The maximum absolute atomic E-state index is 11.2. The lowest BCUT2D eigenvalue weighted by molar-refractivity contribution is -0.139. The van der Waals surface area contributed by atoms with Crippen molar-refractivity contribution in [3.8, 4) is 0 Å². The van der Waals surface area contributed by atoms with Crippen LogP contribution in [0.25, 0.3) is 0 Å². The predicted octanol–water partition coefficient (Wildman–Crippen LogP) is 2.31. The Morgan fingerprint density at radius 2 is 2.25 bits per heavy atom. The van der Waals surface area contributed by atoms with Gasteiger partial charge in [0.05, 0.1) is 0 Å². The summed E-state index contributed by atoms with van der Waals surface area (Å²) in [6.45, 7) is 2.88. The molecule has 3 heteroatoms. The molecular weight excluding hydrogens is 204 g/mol. The summed E-state index contributed by atoms with van der Waals surface area (Å²) in [6, 6.07) is 0. The zero-order valence-corrected chi connectivity index (χ0v) is 10.3. The van der Waals surface area contributed by atoms with E-state index in [1.54, 1.807) is 0 Å². The molecule has 94 valence electrons. The Kier molecular flexibility index (Phi) is 5.99. The lowest BCUT2D eigenvalue weighted by Gasteiger charge is -2.29. The van der Waals surface area contributed by atoms with Crippen molar-refractivity contribution in [2.24, 2.45) is 5.92 Å². The molecule has 0 bridgehead atoms. The first-order valence-corrected chi connectivity index (χ1v) is 6.50. The minimum atomic E-state index is -0.680. The summed E-state index contributed by atoms with van der Waals surface area (Å²) in [7, 11) is 0. The average molecular weight is 228 g/mol.